The molecule has 1 heterocycles. The molecule has 0 bridgehead atoms. The second kappa shape index (κ2) is 8.78. The standard InChI is InChI=1S/C22H21FN4O4/c1-22(2,3)31-21(30)25-16-10-9-14(23)13-18(16)24-20(29)17-11-12-19(28)27(26-17)15-7-5-4-6-8-15/h4-13H,1-3H3,(H,24,29)(H,25,30). The zero-order valence-corrected chi connectivity index (χ0v) is 17.2. The maximum absolute atomic E-state index is 13.8. The molecule has 0 aliphatic rings. The molecule has 0 atom stereocenters. The number of carbonyl (C=O) groups excluding carboxylic acids is 2. The summed E-state index contributed by atoms with van der Waals surface area (Å²) in [7, 11) is 0. The Labute approximate surface area is 177 Å². The first kappa shape index (κ1) is 21.7. The van der Waals surface area contributed by atoms with Gasteiger partial charge in [0.05, 0.1) is 17.1 Å². The highest BCUT2D eigenvalue weighted by Gasteiger charge is 2.19. The van der Waals surface area contributed by atoms with Crippen LogP contribution in [0, 0.1) is 5.82 Å². The van der Waals surface area contributed by atoms with E-state index in [1.54, 1.807) is 51.1 Å². The van der Waals surface area contributed by atoms with Crippen LogP contribution in [0.2, 0.25) is 0 Å². The number of anilines is 2. The number of hydrogen-bond donors (Lipinski definition) is 2. The van der Waals surface area contributed by atoms with Gasteiger partial charge in [-0.05, 0) is 57.2 Å². The predicted molar refractivity (Wildman–Crippen MR) is 114 cm³/mol. The van der Waals surface area contributed by atoms with Crippen molar-refractivity contribution in [1.82, 2.24) is 9.78 Å². The quantitative estimate of drug-likeness (QED) is 0.660. The number of nitrogens with one attached hydrogen (secondary N) is 2. The van der Waals surface area contributed by atoms with Gasteiger partial charge in [-0.3, -0.25) is 14.9 Å². The summed E-state index contributed by atoms with van der Waals surface area (Å²) < 4.78 is 20.1. The summed E-state index contributed by atoms with van der Waals surface area (Å²) >= 11 is 0. The van der Waals surface area contributed by atoms with Crippen molar-refractivity contribution in [2.24, 2.45) is 0 Å². The SMILES string of the molecule is CC(C)(C)OC(=O)Nc1ccc(F)cc1NC(=O)c1ccc(=O)n(-c2ccccc2)n1. The Kier molecular flexibility index (Phi) is 6.15. The fourth-order valence-corrected chi connectivity index (χ4v) is 2.62. The molecule has 9 heteroatoms. The van der Waals surface area contributed by atoms with Crippen molar-refractivity contribution in [3.8, 4) is 5.69 Å². The molecule has 0 saturated carbocycles. The third kappa shape index (κ3) is 5.75. The van der Waals surface area contributed by atoms with E-state index >= 15 is 0 Å². The van der Waals surface area contributed by atoms with Gasteiger partial charge >= 0.3 is 6.09 Å². The molecule has 0 unspecified atom stereocenters. The van der Waals surface area contributed by atoms with Gasteiger partial charge < -0.3 is 10.1 Å². The molecular formula is C22H21FN4O4. The molecular weight excluding hydrogens is 403 g/mol. The fourth-order valence-electron chi connectivity index (χ4n) is 2.62. The Hall–Kier alpha value is -4.01. The van der Waals surface area contributed by atoms with Crippen LogP contribution in [0.1, 0.15) is 31.3 Å². The second-order valence-electron chi connectivity index (χ2n) is 7.58. The van der Waals surface area contributed by atoms with Gasteiger partial charge in [0.15, 0.2) is 0 Å². The topological polar surface area (TPSA) is 102 Å². The molecule has 0 aliphatic carbocycles. The van der Waals surface area contributed by atoms with E-state index in [0.29, 0.717) is 5.69 Å². The van der Waals surface area contributed by atoms with Crippen LogP contribution in [0.15, 0.2) is 65.5 Å². The molecule has 2 N–H and O–H groups in total. The lowest BCUT2D eigenvalue weighted by Crippen LogP contribution is -2.28. The van der Waals surface area contributed by atoms with Crippen LogP contribution >= 0.6 is 0 Å². The molecule has 0 radical (unpaired) electrons. The van der Waals surface area contributed by atoms with Gasteiger partial charge in [0, 0.05) is 6.07 Å². The number of hydrogen-bond acceptors (Lipinski definition) is 5. The molecule has 8 nitrogen and oxygen atoms in total. The number of aromatic nitrogens is 2. The van der Waals surface area contributed by atoms with Gasteiger partial charge in [-0.1, -0.05) is 18.2 Å². The van der Waals surface area contributed by atoms with Crippen LogP contribution in [0.3, 0.4) is 0 Å². The summed E-state index contributed by atoms with van der Waals surface area (Å²) in [6.45, 7) is 5.10. The molecule has 3 aromatic rings. The number of nitrogens with zero attached hydrogens (tertiary/aromatic N) is 2. The smallest absolute Gasteiger partial charge is 0.412 e. The monoisotopic (exact) mass is 424 g/mol. The van der Waals surface area contributed by atoms with Gasteiger partial charge in [-0.25, -0.2) is 9.18 Å². The Morgan fingerprint density at radius 1 is 0.968 bits per heavy atom. The van der Waals surface area contributed by atoms with Crippen molar-refractivity contribution < 1.29 is 18.7 Å². The number of benzene rings is 2. The molecule has 2 amide bonds. The first-order valence-electron chi connectivity index (χ1n) is 9.39. The Morgan fingerprint density at radius 2 is 1.68 bits per heavy atom. The third-order valence-electron chi connectivity index (χ3n) is 3.90. The van der Waals surface area contributed by atoms with Crippen molar-refractivity contribution in [3.63, 3.8) is 0 Å². The molecule has 31 heavy (non-hydrogen) atoms. The van der Waals surface area contributed by atoms with E-state index < -0.39 is 29.0 Å². The summed E-state index contributed by atoms with van der Waals surface area (Å²) in [5.41, 5.74) is -0.588. The first-order chi connectivity index (χ1) is 14.6. The normalized spacial score (nSPS) is 11.0. The molecule has 0 spiro atoms. The molecule has 0 fully saturated rings. The van der Waals surface area contributed by atoms with Crippen molar-refractivity contribution in [3.05, 3.63) is 82.5 Å². The first-order valence-corrected chi connectivity index (χ1v) is 9.39. The van der Waals surface area contributed by atoms with Crippen molar-refractivity contribution in [2.75, 3.05) is 10.6 Å². The zero-order valence-electron chi connectivity index (χ0n) is 17.2. The Bertz CT molecular complexity index is 1170. The van der Waals surface area contributed by atoms with Gasteiger partial charge in [0.1, 0.15) is 17.1 Å². The maximum atomic E-state index is 13.8. The minimum Gasteiger partial charge on any atom is -0.444 e. The lowest BCUT2D eigenvalue weighted by atomic mass is 10.2. The van der Waals surface area contributed by atoms with Crippen molar-refractivity contribution >= 4 is 23.4 Å². The number of para-hydroxylation sites is 1. The Balaban J connectivity index is 1.86. The molecule has 1 aromatic heterocycles. The maximum Gasteiger partial charge on any atom is 0.412 e. The van der Waals surface area contributed by atoms with Crippen LogP contribution in [-0.4, -0.2) is 27.4 Å². The number of carbonyl (C=O) groups is 2. The van der Waals surface area contributed by atoms with E-state index in [9.17, 15) is 18.8 Å². The molecule has 160 valence electrons. The van der Waals surface area contributed by atoms with Crippen LogP contribution < -0.4 is 16.2 Å². The lowest BCUT2D eigenvalue weighted by molar-refractivity contribution is 0.0635. The van der Waals surface area contributed by atoms with E-state index in [-0.39, 0.29) is 17.1 Å². The van der Waals surface area contributed by atoms with E-state index in [2.05, 4.69) is 15.7 Å². The lowest BCUT2D eigenvalue weighted by Gasteiger charge is -2.20. The van der Waals surface area contributed by atoms with Crippen molar-refractivity contribution in [1.29, 1.82) is 0 Å². The van der Waals surface area contributed by atoms with E-state index in [4.69, 9.17) is 4.74 Å². The average Bonchev–Trinajstić information content (AvgIpc) is 2.69. The highest BCUT2D eigenvalue weighted by Crippen LogP contribution is 2.24. The average molecular weight is 424 g/mol. The highest BCUT2D eigenvalue weighted by atomic mass is 19.1. The molecule has 0 saturated heterocycles. The van der Waals surface area contributed by atoms with Gasteiger partial charge in [0.25, 0.3) is 11.5 Å². The number of halogens is 1. The molecule has 2 aromatic carbocycles. The second-order valence-corrected chi connectivity index (χ2v) is 7.58. The minimum absolute atomic E-state index is 0.00937. The molecule has 3 rings (SSSR count). The fraction of sp³-hybridized carbons (Fsp3) is 0.182. The van der Waals surface area contributed by atoms with Crippen LogP contribution in [0.25, 0.3) is 5.69 Å². The largest absolute Gasteiger partial charge is 0.444 e. The number of ether oxygens (including phenoxy) is 1. The highest BCUT2D eigenvalue weighted by molar-refractivity contribution is 6.05. The van der Waals surface area contributed by atoms with E-state index in [0.717, 1.165) is 16.8 Å². The number of amides is 2. The minimum atomic E-state index is -0.759. The number of rotatable bonds is 4. The van der Waals surface area contributed by atoms with Gasteiger partial charge in [-0.15, -0.1) is 0 Å². The predicted octanol–water partition coefficient (Wildman–Crippen LogP) is 3.97. The van der Waals surface area contributed by atoms with Gasteiger partial charge in [-0.2, -0.15) is 9.78 Å². The van der Waals surface area contributed by atoms with Crippen LogP contribution in [-0.2, 0) is 4.74 Å². The Morgan fingerprint density at radius 3 is 2.35 bits per heavy atom. The van der Waals surface area contributed by atoms with Crippen molar-refractivity contribution in [2.45, 2.75) is 26.4 Å². The zero-order chi connectivity index (χ0) is 22.6. The third-order valence-corrected chi connectivity index (χ3v) is 3.90. The summed E-state index contributed by atoms with van der Waals surface area (Å²) in [6.07, 6.45) is -0.759. The van der Waals surface area contributed by atoms with Crippen LogP contribution in [0.5, 0.6) is 0 Å². The summed E-state index contributed by atoms with van der Waals surface area (Å²) in [5, 5.41) is 9.07. The summed E-state index contributed by atoms with van der Waals surface area (Å²) in [4.78, 5) is 36.9. The van der Waals surface area contributed by atoms with Gasteiger partial charge in [0.2, 0.25) is 0 Å². The van der Waals surface area contributed by atoms with Crippen LogP contribution in [0.4, 0.5) is 20.6 Å². The molecule has 0 aliphatic heterocycles. The summed E-state index contributed by atoms with van der Waals surface area (Å²) in [5.74, 6) is -1.31. The summed E-state index contributed by atoms with van der Waals surface area (Å²) in [6, 6.07) is 14.6. The van der Waals surface area contributed by atoms with E-state index in [1.165, 1.54) is 18.2 Å². The van der Waals surface area contributed by atoms with E-state index in [1.807, 2.05) is 0 Å².